The van der Waals surface area contributed by atoms with Crippen molar-refractivity contribution in [1.29, 1.82) is 0 Å². The molecule has 6 nitrogen and oxygen atoms in total. The van der Waals surface area contributed by atoms with Crippen LogP contribution in [0.2, 0.25) is 0 Å². The van der Waals surface area contributed by atoms with Gasteiger partial charge in [0, 0.05) is 38.1 Å². The van der Waals surface area contributed by atoms with Crippen LogP contribution < -0.4 is 4.74 Å². The molecule has 6 heteroatoms. The lowest BCUT2D eigenvalue weighted by Crippen LogP contribution is -2.38. The van der Waals surface area contributed by atoms with E-state index in [1.807, 2.05) is 35.4 Å². The van der Waals surface area contributed by atoms with Gasteiger partial charge in [-0.25, -0.2) is 0 Å². The highest BCUT2D eigenvalue weighted by molar-refractivity contribution is 5.97. The maximum atomic E-state index is 12.8. The van der Waals surface area contributed by atoms with Gasteiger partial charge in [-0.1, -0.05) is 12.1 Å². The Morgan fingerprint density at radius 1 is 1.04 bits per heavy atom. The van der Waals surface area contributed by atoms with Crippen LogP contribution in [0.4, 0.5) is 0 Å². The molecule has 1 N–H and O–H groups in total. The maximum absolute atomic E-state index is 12.8. The minimum atomic E-state index is -0.0453. The predicted octanol–water partition coefficient (Wildman–Crippen LogP) is 1.94. The fourth-order valence-electron chi connectivity index (χ4n) is 3.11. The fourth-order valence-corrected chi connectivity index (χ4v) is 3.11. The van der Waals surface area contributed by atoms with Crippen LogP contribution in [0.5, 0.6) is 5.75 Å². The van der Waals surface area contributed by atoms with E-state index in [1.54, 1.807) is 24.1 Å². The van der Waals surface area contributed by atoms with E-state index in [-0.39, 0.29) is 11.8 Å². The Balaban J connectivity index is 1.63. The van der Waals surface area contributed by atoms with Gasteiger partial charge in [0.25, 0.3) is 5.91 Å². The summed E-state index contributed by atoms with van der Waals surface area (Å²) in [6, 6.07) is 11.0. The number of hydrogen-bond acceptors (Lipinski definition) is 3. The number of rotatable bonds is 4. The molecule has 3 rings (SSSR count). The molecular weight excluding hydrogens is 318 g/mol. The Morgan fingerprint density at radius 3 is 2.56 bits per heavy atom. The number of amides is 2. The molecule has 0 unspecified atom stereocenters. The third-order valence-electron chi connectivity index (χ3n) is 4.48. The highest BCUT2D eigenvalue weighted by Gasteiger charge is 2.24. The Kier molecular flexibility index (Phi) is 5.38. The molecule has 1 aromatic heterocycles. The average molecular weight is 341 g/mol. The summed E-state index contributed by atoms with van der Waals surface area (Å²) in [4.78, 5) is 32.0. The van der Waals surface area contributed by atoms with Gasteiger partial charge < -0.3 is 19.5 Å². The van der Waals surface area contributed by atoms with Gasteiger partial charge in [0.1, 0.15) is 5.75 Å². The Bertz CT molecular complexity index is 727. The molecule has 2 amide bonds. The Labute approximate surface area is 147 Å². The van der Waals surface area contributed by atoms with Gasteiger partial charge in [-0.3, -0.25) is 9.59 Å². The third kappa shape index (κ3) is 4.02. The number of carbonyl (C=O) groups is 2. The van der Waals surface area contributed by atoms with Gasteiger partial charge in [-0.2, -0.15) is 0 Å². The van der Waals surface area contributed by atoms with E-state index in [1.165, 1.54) is 0 Å². The van der Waals surface area contributed by atoms with E-state index in [2.05, 4.69) is 4.98 Å². The number of hydrogen-bond donors (Lipinski definition) is 1. The highest BCUT2D eigenvalue weighted by atomic mass is 16.5. The van der Waals surface area contributed by atoms with Crippen LogP contribution in [0.1, 0.15) is 22.5 Å². The lowest BCUT2D eigenvalue weighted by Gasteiger charge is -2.23. The Morgan fingerprint density at radius 2 is 1.80 bits per heavy atom. The van der Waals surface area contributed by atoms with E-state index >= 15 is 0 Å². The van der Waals surface area contributed by atoms with Gasteiger partial charge in [-0.05, 0) is 30.7 Å². The molecule has 2 heterocycles. The van der Waals surface area contributed by atoms with Crippen LogP contribution in [0.25, 0.3) is 0 Å². The molecule has 1 aromatic carbocycles. The zero-order valence-electron chi connectivity index (χ0n) is 14.4. The van der Waals surface area contributed by atoms with Crippen LogP contribution >= 0.6 is 0 Å². The molecule has 1 aliphatic heterocycles. The number of para-hydroxylation sites is 1. The molecular formula is C19H23N3O3. The quantitative estimate of drug-likeness (QED) is 0.924. The summed E-state index contributed by atoms with van der Waals surface area (Å²) < 4.78 is 5.29. The summed E-state index contributed by atoms with van der Waals surface area (Å²) in [5, 5.41) is 0. The molecule has 0 saturated carbocycles. The van der Waals surface area contributed by atoms with Crippen LogP contribution in [0, 0.1) is 0 Å². The van der Waals surface area contributed by atoms with Gasteiger partial charge >= 0.3 is 0 Å². The van der Waals surface area contributed by atoms with E-state index < -0.39 is 0 Å². The number of carbonyl (C=O) groups excluding carboxylic acids is 2. The number of benzene rings is 1. The molecule has 1 saturated heterocycles. The van der Waals surface area contributed by atoms with E-state index in [0.29, 0.717) is 43.9 Å². The molecule has 132 valence electrons. The lowest BCUT2D eigenvalue weighted by molar-refractivity contribution is -0.130. The van der Waals surface area contributed by atoms with Crippen LogP contribution in [-0.2, 0) is 11.2 Å². The first-order chi connectivity index (χ1) is 12.2. The minimum Gasteiger partial charge on any atom is -0.496 e. The molecule has 0 atom stereocenters. The second-order valence-electron chi connectivity index (χ2n) is 6.10. The van der Waals surface area contributed by atoms with Crippen LogP contribution in [-0.4, -0.2) is 59.9 Å². The first kappa shape index (κ1) is 17.1. The number of H-pyrrole nitrogens is 1. The lowest BCUT2D eigenvalue weighted by atomic mass is 10.1. The maximum Gasteiger partial charge on any atom is 0.257 e. The molecule has 25 heavy (non-hydrogen) atoms. The summed E-state index contributed by atoms with van der Waals surface area (Å²) in [5.41, 5.74) is 1.48. The topological polar surface area (TPSA) is 65.6 Å². The summed E-state index contributed by atoms with van der Waals surface area (Å²) in [5.74, 6) is 0.626. The van der Waals surface area contributed by atoms with Gasteiger partial charge in [0.15, 0.2) is 0 Å². The minimum absolute atomic E-state index is 0.0453. The van der Waals surface area contributed by atoms with Crippen molar-refractivity contribution >= 4 is 11.8 Å². The second kappa shape index (κ2) is 7.88. The van der Waals surface area contributed by atoms with Crippen LogP contribution in [0.15, 0.2) is 42.6 Å². The molecule has 0 aliphatic carbocycles. The van der Waals surface area contributed by atoms with Crippen molar-refractivity contribution in [3.8, 4) is 5.75 Å². The molecule has 0 bridgehead atoms. The van der Waals surface area contributed by atoms with Crippen molar-refractivity contribution in [3.05, 3.63) is 53.9 Å². The number of methoxy groups -OCH3 is 1. The third-order valence-corrected chi connectivity index (χ3v) is 4.48. The van der Waals surface area contributed by atoms with E-state index in [4.69, 9.17) is 4.74 Å². The molecule has 2 aromatic rings. The first-order valence-electron chi connectivity index (χ1n) is 8.51. The molecule has 1 fully saturated rings. The van der Waals surface area contributed by atoms with Crippen molar-refractivity contribution in [1.82, 2.24) is 14.8 Å². The summed E-state index contributed by atoms with van der Waals surface area (Å²) in [6.07, 6.45) is 2.96. The molecule has 0 radical (unpaired) electrons. The molecule has 0 spiro atoms. The average Bonchev–Trinajstić information content (AvgIpc) is 3.02. The van der Waals surface area contributed by atoms with Gasteiger partial charge in [0.2, 0.25) is 5.91 Å². The number of aromatic nitrogens is 1. The Hall–Kier alpha value is -2.76. The number of nitrogens with one attached hydrogen (secondary N) is 1. The zero-order valence-corrected chi connectivity index (χ0v) is 14.4. The summed E-state index contributed by atoms with van der Waals surface area (Å²) in [6.45, 7) is 2.41. The van der Waals surface area contributed by atoms with Crippen molar-refractivity contribution in [2.75, 3.05) is 33.3 Å². The standard InChI is InChI=1S/C19H23N3O3/c1-25-17-8-3-2-7-16(17)19(24)22-11-5-10-21(12-13-22)18(23)14-15-6-4-9-20-15/h2-4,6-9,20H,5,10-14H2,1H3. The summed E-state index contributed by atoms with van der Waals surface area (Å²) in [7, 11) is 1.57. The number of aromatic amines is 1. The van der Waals surface area contributed by atoms with E-state index in [0.717, 1.165) is 12.1 Å². The van der Waals surface area contributed by atoms with Crippen molar-refractivity contribution in [2.24, 2.45) is 0 Å². The van der Waals surface area contributed by atoms with Crippen LogP contribution in [0.3, 0.4) is 0 Å². The SMILES string of the molecule is COc1ccccc1C(=O)N1CCCN(C(=O)Cc2ccc[nH]2)CC1. The van der Waals surface area contributed by atoms with Crippen molar-refractivity contribution in [2.45, 2.75) is 12.8 Å². The largest absolute Gasteiger partial charge is 0.496 e. The fraction of sp³-hybridized carbons (Fsp3) is 0.368. The normalized spacial score (nSPS) is 14.9. The number of nitrogens with zero attached hydrogens (tertiary/aromatic N) is 2. The zero-order chi connectivity index (χ0) is 17.6. The molecule has 1 aliphatic rings. The number of ether oxygens (including phenoxy) is 1. The van der Waals surface area contributed by atoms with Gasteiger partial charge in [0.05, 0.1) is 19.1 Å². The highest BCUT2D eigenvalue weighted by Crippen LogP contribution is 2.20. The monoisotopic (exact) mass is 341 g/mol. The van der Waals surface area contributed by atoms with Crippen molar-refractivity contribution in [3.63, 3.8) is 0 Å². The first-order valence-corrected chi connectivity index (χ1v) is 8.51. The van der Waals surface area contributed by atoms with E-state index in [9.17, 15) is 9.59 Å². The predicted molar refractivity (Wildman–Crippen MR) is 94.6 cm³/mol. The second-order valence-corrected chi connectivity index (χ2v) is 6.10. The van der Waals surface area contributed by atoms with Gasteiger partial charge in [-0.15, -0.1) is 0 Å². The summed E-state index contributed by atoms with van der Waals surface area (Å²) >= 11 is 0. The van der Waals surface area contributed by atoms with Crippen molar-refractivity contribution < 1.29 is 14.3 Å². The smallest absolute Gasteiger partial charge is 0.257 e.